The van der Waals surface area contributed by atoms with E-state index in [1.54, 1.807) is 43.2 Å². The second kappa shape index (κ2) is 8.69. The monoisotopic (exact) mass is 446 g/mol. The Morgan fingerprint density at radius 2 is 1.72 bits per heavy atom. The van der Waals surface area contributed by atoms with E-state index in [1.807, 2.05) is 42.5 Å². The molecule has 0 bridgehead atoms. The van der Waals surface area contributed by atoms with Gasteiger partial charge in [-0.2, -0.15) is 0 Å². The van der Waals surface area contributed by atoms with Gasteiger partial charge in [0.1, 0.15) is 5.75 Å². The third kappa shape index (κ3) is 4.13. The lowest BCUT2D eigenvalue weighted by molar-refractivity contribution is -0.384. The van der Waals surface area contributed by atoms with Crippen LogP contribution in [-0.2, 0) is 4.79 Å². The van der Waals surface area contributed by atoms with Gasteiger partial charge < -0.3 is 4.74 Å². The number of anilines is 1. The molecular weight excluding hydrogens is 428 g/mol. The zero-order valence-electron chi connectivity index (χ0n) is 17.4. The number of carbonyl (C=O) groups is 1. The Labute approximate surface area is 190 Å². The predicted molar refractivity (Wildman–Crippen MR) is 126 cm³/mol. The average Bonchev–Trinajstić information content (AvgIpc) is 3.10. The number of carbonyl (C=O) groups excluding carboxylic acids is 1. The molecule has 0 aromatic heterocycles. The van der Waals surface area contributed by atoms with E-state index < -0.39 is 4.92 Å². The number of halogens is 1. The Balaban J connectivity index is 1.81. The normalized spacial score (nSPS) is 14.6. The molecule has 1 aliphatic rings. The molecule has 0 aliphatic carbocycles. The number of aryl methyl sites for hydroxylation is 1. The number of nitro benzene ring substituents is 1. The molecule has 0 saturated heterocycles. The molecule has 3 aromatic carbocycles. The van der Waals surface area contributed by atoms with Gasteiger partial charge in [-0.3, -0.25) is 19.8 Å². The van der Waals surface area contributed by atoms with Crippen LogP contribution in [-0.4, -0.2) is 17.9 Å². The van der Waals surface area contributed by atoms with Crippen molar-refractivity contribution in [3.05, 3.63) is 110 Å². The summed E-state index contributed by atoms with van der Waals surface area (Å²) in [4.78, 5) is 25.8. The van der Waals surface area contributed by atoms with E-state index >= 15 is 0 Å². The summed E-state index contributed by atoms with van der Waals surface area (Å²) >= 11 is 6.05. The summed E-state index contributed by atoms with van der Waals surface area (Å²) in [5, 5.41) is 11.7. The zero-order valence-corrected chi connectivity index (χ0v) is 18.2. The third-order valence-corrected chi connectivity index (χ3v) is 5.45. The second-order valence-electron chi connectivity index (χ2n) is 7.28. The molecule has 1 amide bonds. The smallest absolute Gasteiger partial charge is 0.269 e. The molecule has 7 heteroatoms. The summed E-state index contributed by atoms with van der Waals surface area (Å²) < 4.78 is 5.19. The Morgan fingerprint density at radius 1 is 1.03 bits per heavy atom. The molecule has 0 saturated carbocycles. The first-order valence-corrected chi connectivity index (χ1v) is 10.2. The Morgan fingerprint density at radius 3 is 2.31 bits per heavy atom. The van der Waals surface area contributed by atoms with Crippen molar-refractivity contribution < 1.29 is 14.5 Å². The van der Waals surface area contributed by atoms with Gasteiger partial charge in [0.2, 0.25) is 0 Å². The molecule has 4 rings (SSSR count). The number of nitrogens with zero attached hydrogens (tertiary/aromatic N) is 2. The number of hydrogen-bond donors (Lipinski definition) is 0. The Kier molecular flexibility index (Phi) is 5.79. The lowest BCUT2D eigenvalue weighted by Gasteiger charge is -2.22. The number of ether oxygens (including phenoxy) is 1. The first-order chi connectivity index (χ1) is 15.4. The minimum Gasteiger partial charge on any atom is -0.497 e. The van der Waals surface area contributed by atoms with Crippen molar-refractivity contribution in [2.45, 2.75) is 6.92 Å². The first kappa shape index (κ1) is 21.3. The highest BCUT2D eigenvalue weighted by Gasteiger charge is 2.31. The van der Waals surface area contributed by atoms with E-state index in [0.29, 0.717) is 27.5 Å². The number of methoxy groups -OCH3 is 1. The van der Waals surface area contributed by atoms with E-state index in [4.69, 9.17) is 16.3 Å². The van der Waals surface area contributed by atoms with Crippen molar-refractivity contribution in [3.8, 4) is 5.75 Å². The van der Waals surface area contributed by atoms with Gasteiger partial charge in [0.25, 0.3) is 11.6 Å². The third-order valence-electron chi connectivity index (χ3n) is 5.19. The lowest BCUT2D eigenvalue weighted by Crippen LogP contribution is -2.25. The van der Waals surface area contributed by atoms with Crippen LogP contribution in [0, 0.1) is 17.0 Å². The lowest BCUT2D eigenvalue weighted by atomic mass is 10.1. The molecule has 3 aromatic rings. The van der Waals surface area contributed by atoms with Crippen LogP contribution in [0.3, 0.4) is 0 Å². The van der Waals surface area contributed by atoms with Crippen molar-refractivity contribution in [2.75, 3.05) is 12.0 Å². The summed E-state index contributed by atoms with van der Waals surface area (Å²) in [6.45, 7) is 1.75. The van der Waals surface area contributed by atoms with Crippen molar-refractivity contribution in [1.82, 2.24) is 0 Å². The van der Waals surface area contributed by atoms with Crippen molar-refractivity contribution in [1.29, 1.82) is 0 Å². The molecule has 0 spiro atoms. The van der Waals surface area contributed by atoms with Crippen LogP contribution in [0.2, 0.25) is 5.02 Å². The van der Waals surface area contributed by atoms with Gasteiger partial charge in [-0.1, -0.05) is 35.9 Å². The maximum atomic E-state index is 13.5. The summed E-state index contributed by atoms with van der Waals surface area (Å²) in [5.74, 6) is 0.508. The molecule has 0 fully saturated rings. The highest BCUT2D eigenvalue weighted by atomic mass is 35.5. The average molecular weight is 447 g/mol. The minimum atomic E-state index is -0.451. The minimum absolute atomic E-state index is 0.0242. The maximum absolute atomic E-state index is 13.5. The molecule has 160 valence electrons. The maximum Gasteiger partial charge on any atom is 0.269 e. The molecule has 1 heterocycles. The van der Waals surface area contributed by atoms with Gasteiger partial charge >= 0.3 is 0 Å². The number of hydrogen-bond acceptors (Lipinski definition) is 4. The van der Waals surface area contributed by atoms with E-state index in [0.717, 1.165) is 16.9 Å². The van der Waals surface area contributed by atoms with Gasteiger partial charge in [0.05, 0.1) is 23.4 Å². The van der Waals surface area contributed by atoms with Crippen LogP contribution in [0.15, 0.2) is 78.4 Å². The number of non-ortho nitro benzene ring substituents is 1. The number of benzene rings is 3. The van der Waals surface area contributed by atoms with Gasteiger partial charge in [-0.15, -0.1) is 0 Å². The van der Waals surface area contributed by atoms with Crippen LogP contribution < -0.4 is 9.64 Å². The molecule has 6 nitrogen and oxygen atoms in total. The molecule has 0 unspecified atom stereocenters. The SMILES string of the molecule is COc1ccc(/C=C2/C=C(c3ccc(Cl)cc3)N(c3ccc([N+](=O)[O-])cc3C)C2=O)cc1. The molecule has 0 atom stereocenters. The number of rotatable bonds is 5. The summed E-state index contributed by atoms with van der Waals surface area (Å²) in [6, 6.07) is 19.1. The fourth-order valence-electron chi connectivity index (χ4n) is 3.57. The van der Waals surface area contributed by atoms with Crippen LogP contribution in [0.1, 0.15) is 16.7 Å². The van der Waals surface area contributed by atoms with E-state index in [9.17, 15) is 14.9 Å². The molecule has 32 heavy (non-hydrogen) atoms. The topological polar surface area (TPSA) is 72.7 Å². The van der Waals surface area contributed by atoms with Gasteiger partial charge in [0, 0.05) is 22.7 Å². The standard InChI is InChI=1S/C25H19ClN2O4/c1-16-13-21(28(30)31)9-12-23(16)27-24(18-5-7-20(26)8-6-18)15-19(25(27)29)14-17-3-10-22(32-2)11-4-17/h3-15H,1-2H3/b19-14-. The number of amides is 1. The summed E-state index contributed by atoms with van der Waals surface area (Å²) in [5.41, 5.74) is 4.00. The van der Waals surface area contributed by atoms with E-state index in [2.05, 4.69) is 0 Å². The molecule has 0 radical (unpaired) electrons. The van der Waals surface area contributed by atoms with E-state index in [1.165, 1.54) is 12.1 Å². The highest BCUT2D eigenvalue weighted by molar-refractivity contribution is 6.30. The van der Waals surface area contributed by atoms with Crippen LogP contribution in [0.5, 0.6) is 5.75 Å². The Hall–Kier alpha value is -3.90. The quantitative estimate of drug-likeness (QED) is 0.272. The molecule has 1 aliphatic heterocycles. The first-order valence-electron chi connectivity index (χ1n) is 9.80. The van der Waals surface area contributed by atoms with Gasteiger partial charge in [0.15, 0.2) is 0 Å². The zero-order chi connectivity index (χ0) is 22.8. The molecular formula is C25H19ClN2O4. The number of nitro groups is 1. The molecule has 0 N–H and O–H groups in total. The van der Waals surface area contributed by atoms with E-state index in [-0.39, 0.29) is 11.6 Å². The fraction of sp³-hybridized carbons (Fsp3) is 0.0800. The van der Waals surface area contributed by atoms with Gasteiger partial charge in [-0.05, 0) is 66.1 Å². The highest BCUT2D eigenvalue weighted by Crippen LogP contribution is 2.38. The fourth-order valence-corrected chi connectivity index (χ4v) is 3.70. The van der Waals surface area contributed by atoms with Crippen molar-refractivity contribution in [2.24, 2.45) is 0 Å². The second-order valence-corrected chi connectivity index (χ2v) is 7.71. The van der Waals surface area contributed by atoms with Crippen LogP contribution in [0.4, 0.5) is 11.4 Å². The van der Waals surface area contributed by atoms with Crippen LogP contribution in [0.25, 0.3) is 11.8 Å². The largest absolute Gasteiger partial charge is 0.497 e. The predicted octanol–water partition coefficient (Wildman–Crippen LogP) is 6.04. The van der Waals surface area contributed by atoms with Crippen molar-refractivity contribution in [3.63, 3.8) is 0 Å². The van der Waals surface area contributed by atoms with Crippen LogP contribution >= 0.6 is 11.6 Å². The van der Waals surface area contributed by atoms with Crippen molar-refractivity contribution >= 4 is 40.7 Å². The summed E-state index contributed by atoms with van der Waals surface area (Å²) in [6.07, 6.45) is 3.62. The summed E-state index contributed by atoms with van der Waals surface area (Å²) in [7, 11) is 1.60. The van der Waals surface area contributed by atoms with Gasteiger partial charge in [-0.25, -0.2) is 0 Å². The Bertz CT molecular complexity index is 1260.